The molecule has 1 heterocycles. The summed E-state index contributed by atoms with van der Waals surface area (Å²) in [5.41, 5.74) is -0.646. The van der Waals surface area contributed by atoms with Crippen LogP contribution in [0.3, 0.4) is 0 Å². The normalized spacial score (nSPS) is 38.3. The van der Waals surface area contributed by atoms with Gasteiger partial charge in [0.05, 0.1) is 17.1 Å². The molecule has 1 aliphatic carbocycles. The van der Waals surface area contributed by atoms with E-state index in [1.807, 2.05) is 13.8 Å². The van der Waals surface area contributed by atoms with Gasteiger partial charge in [-0.15, -0.1) is 0 Å². The number of halogens is 3. The lowest BCUT2D eigenvalue weighted by molar-refractivity contribution is -0.218. The van der Waals surface area contributed by atoms with E-state index in [9.17, 15) is 13.2 Å². The molecule has 0 aromatic rings. The second-order valence-corrected chi connectivity index (χ2v) is 5.96. The molecule has 2 rings (SSSR count). The fraction of sp³-hybridized carbons (Fsp3) is 1.00. The van der Waals surface area contributed by atoms with E-state index >= 15 is 0 Å². The van der Waals surface area contributed by atoms with Gasteiger partial charge in [0.1, 0.15) is 0 Å². The Kier molecular flexibility index (Phi) is 3.19. The third-order valence-electron chi connectivity index (χ3n) is 3.85. The highest BCUT2D eigenvalue weighted by molar-refractivity contribution is 4.96. The van der Waals surface area contributed by atoms with E-state index in [2.05, 4.69) is 5.32 Å². The maximum absolute atomic E-state index is 12.6. The van der Waals surface area contributed by atoms with Gasteiger partial charge in [-0.25, -0.2) is 0 Å². The van der Waals surface area contributed by atoms with Gasteiger partial charge in [-0.2, -0.15) is 13.2 Å². The zero-order valence-corrected chi connectivity index (χ0v) is 10.4. The van der Waals surface area contributed by atoms with Crippen molar-refractivity contribution in [1.82, 2.24) is 5.32 Å². The van der Waals surface area contributed by atoms with E-state index in [1.54, 1.807) is 0 Å². The van der Waals surface area contributed by atoms with Gasteiger partial charge in [0.15, 0.2) is 0 Å². The highest BCUT2D eigenvalue weighted by Gasteiger charge is 2.49. The topological polar surface area (TPSA) is 21.3 Å². The molecule has 2 nitrogen and oxygen atoms in total. The SMILES string of the molecule is CC1(C)CNCC2(CCC(C(F)(F)F)CC2)O1. The van der Waals surface area contributed by atoms with Crippen molar-refractivity contribution in [2.45, 2.75) is 56.9 Å². The molecule has 0 unspecified atom stereocenters. The Morgan fingerprint density at radius 2 is 1.71 bits per heavy atom. The van der Waals surface area contributed by atoms with Gasteiger partial charge in [0.25, 0.3) is 0 Å². The maximum Gasteiger partial charge on any atom is 0.391 e. The molecule has 1 aliphatic heterocycles. The summed E-state index contributed by atoms with van der Waals surface area (Å²) in [4.78, 5) is 0. The average molecular weight is 251 g/mol. The van der Waals surface area contributed by atoms with Gasteiger partial charge < -0.3 is 10.1 Å². The number of hydrogen-bond donors (Lipinski definition) is 1. The third kappa shape index (κ3) is 2.94. The van der Waals surface area contributed by atoms with E-state index in [0.717, 1.165) is 6.54 Å². The minimum Gasteiger partial charge on any atom is -0.366 e. The van der Waals surface area contributed by atoms with Crippen LogP contribution < -0.4 is 5.32 Å². The quantitative estimate of drug-likeness (QED) is 0.714. The summed E-state index contributed by atoms with van der Waals surface area (Å²) in [6.45, 7) is 5.41. The number of hydrogen-bond acceptors (Lipinski definition) is 2. The highest BCUT2D eigenvalue weighted by Crippen LogP contribution is 2.44. The van der Waals surface area contributed by atoms with Crippen molar-refractivity contribution in [3.8, 4) is 0 Å². The second-order valence-electron chi connectivity index (χ2n) is 5.96. The lowest BCUT2D eigenvalue weighted by Gasteiger charge is -2.49. The molecule has 0 radical (unpaired) electrons. The molecular formula is C12H20F3NO. The first kappa shape index (κ1) is 13.1. The molecule has 1 saturated heterocycles. The van der Waals surface area contributed by atoms with Crippen LogP contribution in [0.15, 0.2) is 0 Å². The van der Waals surface area contributed by atoms with E-state index in [1.165, 1.54) is 0 Å². The second kappa shape index (κ2) is 4.12. The maximum atomic E-state index is 12.6. The summed E-state index contributed by atoms with van der Waals surface area (Å²) >= 11 is 0. The van der Waals surface area contributed by atoms with Crippen LogP contribution in [0.1, 0.15) is 39.5 Å². The minimum absolute atomic E-state index is 0.196. The van der Waals surface area contributed by atoms with Crippen molar-refractivity contribution in [3.05, 3.63) is 0 Å². The van der Waals surface area contributed by atoms with Gasteiger partial charge in [0, 0.05) is 13.1 Å². The molecule has 2 fully saturated rings. The van der Waals surface area contributed by atoms with Gasteiger partial charge in [-0.1, -0.05) is 0 Å². The molecule has 0 atom stereocenters. The zero-order valence-electron chi connectivity index (χ0n) is 10.4. The molecule has 0 aromatic carbocycles. The number of nitrogens with one attached hydrogen (secondary N) is 1. The smallest absolute Gasteiger partial charge is 0.366 e. The van der Waals surface area contributed by atoms with Crippen molar-refractivity contribution < 1.29 is 17.9 Å². The molecule has 0 amide bonds. The minimum atomic E-state index is -4.04. The molecule has 1 N–H and O–H groups in total. The van der Waals surface area contributed by atoms with E-state index in [-0.39, 0.29) is 24.0 Å². The molecule has 1 spiro atoms. The van der Waals surface area contributed by atoms with Crippen LogP contribution in [0.4, 0.5) is 13.2 Å². The summed E-state index contributed by atoms with van der Waals surface area (Å²) < 4.78 is 43.8. The van der Waals surface area contributed by atoms with Crippen molar-refractivity contribution in [2.75, 3.05) is 13.1 Å². The van der Waals surface area contributed by atoms with Crippen molar-refractivity contribution in [3.63, 3.8) is 0 Å². The summed E-state index contributed by atoms with van der Waals surface area (Å²) in [5, 5.41) is 3.28. The number of ether oxygens (including phenoxy) is 1. The number of alkyl halides is 3. The van der Waals surface area contributed by atoms with Crippen LogP contribution in [-0.2, 0) is 4.74 Å². The molecular weight excluding hydrogens is 231 g/mol. The van der Waals surface area contributed by atoms with Gasteiger partial charge >= 0.3 is 6.18 Å². The van der Waals surface area contributed by atoms with E-state index in [0.29, 0.717) is 19.4 Å². The highest BCUT2D eigenvalue weighted by atomic mass is 19.4. The first-order valence-electron chi connectivity index (χ1n) is 6.20. The lowest BCUT2D eigenvalue weighted by Crippen LogP contribution is -2.59. The molecule has 1 saturated carbocycles. The molecule has 2 aliphatic rings. The fourth-order valence-electron chi connectivity index (χ4n) is 3.00. The monoisotopic (exact) mass is 251 g/mol. The Balaban J connectivity index is 1.98. The van der Waals surface area contributed by atoms with Crippen LogP contribution in [0.2, 0.25) is 0 Å². The summed E-state index contributed by atoms with van der Waals surface area (Å²) in [5.74, 6) is -1.14. The largest absolute Gasteiger partial charge is 0.391 e. The lowest BCUT2D eigenvalue weighted by atomic mass is 9.77. The van der Waals surface area contributed by atoms with E-state index < -0.39 is 12.1 Å². The predicted molar refractivity (Wildman–Crippen MR) is 58.8 cm³/mol. The molecule has 0 bridgehead atoms. The number of rotatable bonds is 0. The first-order chi connectivity index (χ1) is 7.73. The zero-order chi connectivity index (χ0) is 12.7. The average Bonchev–Trinajstić information content (AvgIpc) is 2.14. The standard InChI is InChI=1S/C12H20F3NO/c1-10(2)7-16-8-11(17-10)5-3-9(4-6-11)12(13,14)15/h9,16H,3-8H2,1-2H3. The Bertz CT molecular complexity index is 280. The molecule has 5 heteroatoms. The molecule has 100 valence electrons. The van der Waals surface area contributed by atoms with Crippen LogP contribution >= 0.6 is 0 Å². The molecule has 0 aromatic heterocycles. The molecule has 17 heavy (non-hydrogen) atoms. The first-order valence-corrected chi connectivity index (χ1v) is 6.20. The Labute approximate surface area is 99.9 Å². The summed E-state index contributed by atoms with van der Waals surface area (Å²) in [6.07, 6.45) is -2.64. The Morgan fingerprint density at radius 1 is 1.12 bits per heavy atom. The van der Waals surface area contributed by atoms with Crippen LogP contribution in [0.5, 0.6) is 0 Å². The van der Waals surface area contributed by atoms with Gasteiger partial charge in [-0.3, -0.25) is 0 Å². The van der Waals surface area contributed by atoms with Crippen LogP contribution in [0, 0.1) is 5.92 Å². The van der Waals surface area contributed by atoms with E-state index in [4.69, 9.17) is 4.74 Å². The fourth-order valence-corrected chi connectivity index (χ4v) is 3.00. The van der Waals surface area contributed by atoms with Crippen molar-refractivity contribution in [1.29, 1.82) is 0 Å². The Hall–Kier alpha value is -0.290. The van der Waals surface area contributed by atoms with Crippen LogP contribution in [-0.4, -0.2) is 30.5 Å². The summed E-state index contributed by atoms with van der Waals surface area (Å²) in [7, 11) is 0. The van der Waals surface area contributed by atoms with Gasteiger partial charge in [-0.05, 0) is 39.5 Å². The third-order valence-corrected chi connectivity index (χ3v) is 3.85. The Morgan fingerprint density at radius 3 is 2.18 bits per heavy atom. The van der Waals surface area contributed by atoms with Crippen LogP contribution in [0.25, 0.3) is 0 Å². The summed E-state index contributed by atoms with van der Waals surface area (Å²) in [6, 6.07) is 0. The number of morpholine rings is 1. The predicted octanol–water partition coefficient (Wildman–Crippen LogP) is 2.88. The van der Waals surface area contributed by atoms with Gasteiger partial charge in [0.2, 0.25) is 0 Å². The van der Waals surface area contributed by atoms with Crippen molar-refractivity contribution in [2.24, 2.45) is 5.92 Å². The van der Waals surface area contributed by atoms with Crippen molar-refractivity contribution >= 4 is 0 Å².